The van der Waals surface area contributed by atoms with E-state index in [9.17, 15) is 14.8 Å². The van der Waals surface area contributed by atoms with Crippen molar-refractivity contribution in [2.45, 2.75) is 53.0 Å². The van der Waals surface area contributed by atoms with Crippen LogP contribution in [0.1, 0.15) is 50.5 Å². The zero-order valence-electron chi connectivity index (χ0n) is 31.0. The number of hydrogen-bond donors (Lipinski definition) is 2. The number of carbonyl (C=O) groups excluding carboxylic acids is 2. The zero-order chi connectivity index (χ0) is 38.7. The van der Waals surface area contributed by atoms with Gasteiger partial charge in [0.05, 0.1) is 55.5 Å². The molecule has 0 saturated carbocycles. The molecule has 3 aromatic carbocycles. The topological polar surface area (TPSA) is 201 Å². The Labute approximate surface area is 311 Å². The van der Waals surface area contributed by atoms with E-state index in [0.717, 1.165) is 22.3 Å². The Morgan fingerprint density at radius 3 is 2.43 bits per heavy atom. The smallest absolute Gasteiger partial charge is 0.465 e. The third kappa shape index (κ3) is 9.97. The van der Waals surface area contributed by atoms with Crippen LogP contribution in [0.4, 0.5) is 4.79 Å². The van der Waals surface area contributed by atoms with Gasteiger partial charge in [-0.25, -0.2) is 19.9 Å². The van der Waals surface area contributed by atoms with Gasteiger partial charge in [0.25, 0.3) is 16.3 Å². The number of carbonyl (C=O) groups is 2. The number of benzene rings is 3. The average molecular weight is 747 g/mol. The number of imidazole rings is 1. The first-order valence-electron chi connectivity index (χ1n) is 17.2. The summed E-state index contributed by atoms with van der Waals surface area (Å²) in [5.41, 5.74) is 4.57. The van der Waals surface area contributed by atoms with E-state index in [1.807, 2.05) is 80.8 Å². The van der Waals surface area contributed by atoms with Crippen LogP contribution in [0, 0.1) is 0 Å². The van der Waals surface area contributed by atoms with Gasteiger partial charge < -0.3 is 28.5 Å². The predicted octanol–water partition coefficient (Wildman–Crippen LogP) is 5.43. The molecular weight excluding hydrogens is 702 g/mol. The lowest BCUT2D eigenvalue weighted by Crippen LogP contribution is -2.43. The van der Waals surface area contributed by atoms with Crippen LogP contribution in [0.5, 0.6) is 6.01 Å². The third-order valence-corrected chi connectivity index (χ3v) is 8.03. The maximum absolute atomic E-state index is 13.5. The predicted molar refractivity (Wildman–Crippen MR) is 191 cm³/mol. The summed E-state index contributed by atoms with van der Waals surface area (Å²) in [5, 5.41) is 29.2. The van der Waals surface area contributed by atoms with Crippen molar-refractivity contribution in [1.82, 2.24) is 35.2 Å². The number of hydrogen-bond acceptors (Lipinski definition) is 13. The number of fused-ring (bicyclic) bond motifs is 1. The summed E-state index contributed by atoms with van der Waals surface area (Å²) in [4.78, 5) is 35.9. The largest absolute Gasteiger partial charge is 0.511 e. The van der Waals surface area contributed by atoms with Crippen LogP contribution in [0.15, 0.2) is 72.0 Å². The lowest BCUT2D eigenvalue weighted by Gasteiger charge is -2.21. The molecule has 18 heteroatoms. The molecule has 0 aliphatic carbocycles. The van der Waals surface area contributed by atoms with Crippen LogP contribution in [0.25, 0.3) is 33.5 Å². The van der Waals surface area contributed by atoms with Crippen molar-refractivity contribution in [2.75, 3.05) is 40.1 Å². The Morgan fingerprint density at radius 1 is 0.981 bits per heavy atom. The summed E-state index contributed by atoms with van der Waals surface area (Å²) in [6.45, 7) is 9.72. The lowest BCUT2D eigenvalue weighted by atomic mass is 9.98. The number of nitrogens with one attached hydrogen (secondary N) is 1. The van der Waals surface area contributed by atoms with Crippen molar-refractivity contribution in [3.05, 3.63) is 77.9 Å². The molecule has 0 aliphatic rings. The molecule has 0 saturated heterocycles. The van der Waals surface area contributed by atoms with E-state index in [-0.39, 0.29) is 37.5 Å². The van der Waals surface area contributed by atoms with Gasteiger partial charge in [0, 0.05) is 12.5 Å². The van der Waals surface area contributed by atoms with Crippen molar-refractivity contribution in [3.63, 3.8) is 0 Å². The van der Waals surface area contributed by atoms with Crippen LogP contribution >= 0.6 is 0 Å². The van der Waals surface area contributed by atoms with Crippen LogP contribution in [-0.2, 0) is 30.3 Å². The number of aromatic nitrogens is 6. The number of para-hydroxylation sites is 1. The molecule has 0 aliphatic heterocycles. The fourth-order valence-electron chi connectivity index (χ4n) is 5.11. The van der Waals surface area contributed by atoms with E-state index in [4.69, 9.17) is 28.5 Å². The number of hydrazine groups is 1. The van der Waals surface area contributed by atoms with Gasteiger partial charge in [-0.2, -0.15) is 4.98 Å². The highest BCUT2D eigenvalue weighted by atomic mass is 16.8. The number of nitrogens with zero attached hydrogens (tertiary/aromatic N) is 8. The molecule has 5 rings (SSSR count). The monoisotopic (exact) mass is 746 g/mol. The highest BCUT2D eigenvalue weighted by Crippen LogP contribution is 2.31. The van der Waals surface area contributed by atoms with Crippen LogP contribution in [0.2, 0.25) is 0 Å². The molecule has 2 N–H and O–H groups in total. The first-order valence-corrected chi connectivity index (χ1v) is 17.2. The van der Waals surface area contributed by atoms with Gasteiger partial charge in [0.2, 0.25) is 6.29 Å². The number of rotatable bonds is 17. The summed E-state index contributed by atoms with van der Waals surface area (Å²) >= 11 is 0. The molecule has 0 radical (unpaired) electrons. The molecule has 2 heterocycles. The molecule has 18 nitrogen and oxygen atoms in total. The van der Waals surface area contributed by atoms with Gasteiger partial charge in [-0.15, -0.1) is 10.1 Å². The number of tetrazole rings is 1. The van der Waals surface area contributed by atoms with E-state index >= 15 is 0 Å². The van der Waals surface area contributed by atoms with E-state index in [0.29, 0.717) is 41.0 Å². The van der Waals surface area contributed by atoms with Gasteiger partial charge >= 0.3 is 12.1 Å². The average Bonchev–Trinajstić information content (AvgIpc) is 3.81. The first kappa shape index (κ1) is 38.9. The highest BCUT2D eigenvalue weighted by molar-refractivity contribution is 6.02. The van der Waals surface area contributed by atoms with Crippen molar-refractivity contribution in [1.29, 1.82) is 0 Å². The minimum Gasteiger partial charge on any atom is -0.465 e. The third-order valence-electron chi connectivity index (χ3n) is 8.03. The van der Waals surface area contributed by atoms with E-state index in [1.54, 1.807) is 25.2 Å². The quantitative estimate of drug-likeness (QED) is 0.0304. The molecular formula is C36H44N9O9+. The van der Waals surface area contributed by atoms with Crippen LogP contribution in [-0.4, -0.2) is 109 Å². The fraction of sp³-hybridized carbons (Fsp3) is 0.389. The Balaban J connectivity index is 1.17. The van der Waals surface area contributed by atoms with E-state index in [1.165, 1.54) is 11.9 Å². The van der Waals surface area contributed by atoms with Gasteiger partial charge in [-0.05, 0) is 66.9 Å². The Bertz CT molecular complexity index is 2030. The Kier molecular flexibility index (Phi) is 12.9. The molecule has 286 valence electrons. The van der Waals surface area contributed by atoms with E-state index < -0.39 is 18.4 Å². The van der Waals surface area contributed by atoms with Crippen molar-refractivity contribution in [2.24, 2.45) is 5.28 Å². The van der Waals surface area contributed by atoms with Crippen molar-refractivity contribution >= 4 is 23.2 Å². The first-order chi connectivity index (χ1) is 26.0. The van der Waals surface area contributed by atoms with E-state index in [2.05, 4.69) is 30.9 Å². The minimum atomic E-state index is -1.27. The molecule has 0 fully saturated rings. The van der Waals surface area contributed by atoms with Crippen molar-refractivity contribution < 1.29 is 48.3 Å². The normalized spacial score (nSPS) is 12.3. The molecule has 0 amide bonds. The second kappa shape index (κ2) is 18.0. The summed E-state index contributed by atoms with van der Waals surface area (Å²) in [7, 11) is 1.65. The summed E-state index contributed by atoms with van der Waals surface area (Å²) in [5.74, 6) is -0.169. The number of esters is 1. The maximum Gasteiger partial charge on any atom is 0.511 e. The Hall–Kier alpha value is -6.30. The summed E-state index contributed by atoms with van der Waals surface area (Å²) in [6, 6.07) is 21.2. The standard InChI is InChI=1S/C36H44N9O9/c1-7-50-34-37-30-14-10-13-29(33(46)53-24(2)54-35(47)51-21-19-49-20-22-52-42-45(48)43(6)36(3,4)5)31(30)44(34)23-25-15-17-26(18-16-25)27-11-8-9-12-28(27)32-38-40-41-39-32/h8-18,24H,7,19-23H2,1-6H3,(H,42,48)(H,38,39,40,41)/q+1. The number of H-pyrrole nitrogens is 1. The minimum absolute atomic E-state index is 0.0436. The van der Waals surface area contributed by atoms with Crippen LogP contribution < -0.4 is 4.74 Å². The molecule has 0 spiro atoms. The Morgan fingerprint density at radius 2 is 1.72 bits per heavy atom. The number of aromatic amines is 1. The van der Waals surface area contributed by atoms with Crippen molar-refractivity contribution in [3.8, 4) is 28.5 Å². The van der Waals surface area contributed by atoms with Gasteiger partial charge in [0.15, 0.2) is 5.82 Å². The SMILES string of the molecule is CCOc1nc2cccc(C(=O)OC(C)OC(=O)OCCOCCO/N=[N+](\O)N(C)C(C)(C)C)c2n1Cc1ccc(-c2ccccc2-c2nnn[nH]2)cc1. The van der Waals surface area contributed by atoms with Gasteiger partial charge in [0.1, 0.15) is 13.2 Å². The highest BCUT2D eigenvalue weighted by Gasteiger charge is 2.28. The fourth-order valence-corrected chi connectivity index (χ4v) is 5.11. The lowest BCUT2D eigenvalue weighted by molar-refractivity contribution is -0.946. The second-order valence-electron chi connectivity index (χ2n) is 12.8. The molecule has 5 aromatic rings. The second-order valence-corrected chi connectivity index (χ2v) is 12.8. The summed E-state index contributed by atoms with van der Waals surface area (Å²) < 4.78 is 28.6. The maximum atomic E-state index is 13.5. The molecule has 1 unspecified atom stereocenters. The molecule has 2 aromatic heterocycles. The molecule has 54 heavy (non-hydrogen) atoms. The summed E-state index contributed by atoms with van der Waals surface area (Å²) in [6.07, 6.45) is -2.31. The zero-order valence-corrected chi connectivity index (χ0v) is 31.0. The molecule has 0 bridgehead atoms. The van der Waals surface area contributed by atoms with Crippen LogP contribution in [0.3, 0.4) is 0 Å². The van der Waals surface area contributed by atoms with Gasteiger partial charge in [-0.1, -0.05) is 54.6 Å². The number of ether oxygens (including phenoxy) is 5. The molecule has 1 atom stereocenters. The van der Waals surface area contributed by atoms with Gasteiger partial charge in [-0.3, -0.25) is 4.57 Å².